The van der Waals surface area contributed by atoms with Crippen LogP contribution in [-0.2, 0) is 14.8 Å². The largest absolute Gasteiger partial charge is 0.366 e. The zero-order valence-electron chi connectivity index (χ0n) is 11.8. The number of rotatable bonds is 4. The van der Waals surface area contributed by atoms with Gasteiger partial charge in [0.1, 0.15) is 4.90 Å². The van der Waals surface area contributed by atoms with Gasteiger partial charge >= 0.3 is 0 Å². The van der Waals surface area contributed by atoms with Gasteiger partial charge in [0.15, 0.2) is 0 Å². The van der Waals surface area contributed by atoms with Gasteiger partial charge in [-0.15, -0.1) is 0 Å². The third kappa shape index (κ3) is 3.33. The summed E-state index contributed by atoms with van der Waals surface area (Å²) in [5.41, 5.74) is -0.528. The topological polar surface area (TPSA) is 99.3 Å². The van der Waals surface area contributed by atoms with Crippen LogP contribution < -0.4 is 10.7 Å². The quantitative estimate of drug-likeness (QED) is 0.811. The molecule has 0 aromatic carbocycles. The fourth-order valence-electron chi connectivity index (χ4n) is 2.42. The van der Waals surface area contributed by atoms with Crippen molar-refractivity contribution >= 4 is 15.9 Å². The second kappa shape index (κ2) is 6.40. The summed E-state index contributed by atoms with van der Waals surface area (Å²) >= 11 is 0. The number of aromatic amines is 1. The molecule has 2 N–H and O–H groups in total. The molecule has 0 spiro atoms. The number of amides is 1. The summed E-state index contributed by atoms with van der Waals surface area (Å²) in [6.45, 7) is 2.91. The Kier molecular flexibility index (Phi) is 4.79. The van der Waals surface area contributed by atoms with Gasteiger partial charge in [-0.2, -0.15) is 4.31 Å². The molecular weight excluding hydrogens is 294 g/mol. The first kappa shape index (κ1) is 15.7. The third-order valence-corrected chi connectivity index (χ3v) is 5.50. The molecule has 1 aromatic rings. The number of pyridine rings is 1. The number of carbonyl (C=O) groups is 1. The predicted molar refractivity (Wildman–Crippen MR) is 77.2 cm³/mol. The Morgan fingerprint density at radius 3 is 2.67 bits per heavy atom. The van der Waals surface area contributed by atoms with Crippen LogP contribution in [0.25, 0.3) is 0 Å². The Bertz CT molecular complexity index is 660. The Morgan fingerprint density at radius 1 is 1.43 bits per heavy atom. The molecule has 0 bridgehead atoms. The predicted octanol–water partition coefficient (Wildman–Crippen LogP) is -0.0883. The number of hydrogen-bond donors (Lipinski definition) is 2. The molecule has 21 heavy (non-hydrogen) atoms. The van der Waals surface area contributed by atoms with Gasteiger partial charge in [-0.25, -0.2) is 8.42 Å². The van der Waals surface area contributed by atoms with Crippen molar-refractivity contribution in [3.63, 3.8) is 0 Å². The molecule has 1 aliphatic heterocycles. The van der Waals surface area contributed by atoms with Gasteiger partial charge in [0.2, 0.25) is 21.4 Å². The van der Waals surface area contributed by atoms with Gasteiger partial charge in [0.05, 0.1) is 0 Å². The lowest BCUT2D eigenvalue weighted by atomic mass is 9.97. The smallest absolute Gasteiger partial charge is 0.248 e. The highest BCUT2D eigenvalue weighted by Crippen LogP contribution is 2.22. The van der Waals surface area contributed by atoms with Crippen molar-refractivity contribution in [1.82, 2.24) is 14.6 Å². The number of sulfonamides is 1. The second-order valence-electron chi connectivity index (χ2n) is 4.95. The maximum absolute atomic E-state index is 12.4. The van der Waals surface area contributed by atoms with E-state index in [1.54, 1.807) is 0 Å². The summed E-state index contributed by atoms with van der Waals surface area (Å²) in [5, 5.41) is 2.75. The Labute approximate surface area is 123 Å². The molecule has 1 aliphatic rings. The van der Waals surface area contributed by atoms with Crippen LogP contribution in [-0.4, -0.2) is 43.2 Å². The van der Waals surface area contributed by atoms with E-state index in [0.717, 1.165) is 0 Å². The SMILES string of the molecule is CCNC(=O)C1CCN(S(=O)(=O)c2c[nH]ccc2=O)CC1. The molecule has 1 saturated heterocycles. The zero-order chi connectivity index (χ0) is 15.5. The molecule has 1 aromatic heterocycles. The highest BCUT2D eigenvalue weighted by molar-refractivity contribution is 7.89. The van der Waals surface area contributed by atoms with E-state index in [1.165, 1.54) is 22.8 Å². The standard InChI is InChI=1S/C13H19N3O4S/c1-2-15-13(18)10-4-7-16(8-5-10)21(19,20)12-9-14-6-3-11(12)17/h3,6,9-10H,2,4-5,7-8H2,1H3,(H,14,17)(H,15,18). The van der Waals surface area contributed by atoms with Crippen LogP contribution in [0.3, 0.4) is 0 Å². The van der Waals surface area contributed by atoms with Crippen LogP contribution in [0.1, 0.15) is 19.8 Å². The van der Waals surface area contributed by atoms with Crippen molar-refractivity contribution in [2.75, 3.05) is 19.6 Å². The minimum atomic E-state index is -3.80. The summed E-state index contributed by atoms with van der Waals surface area (Å²) in [5.74, 6) is -0.197. The van der Waals surface area contributed by atoms with Crippen LogP contribution in [0.5, 0.6) is 0 Å². The van der Waals surface area contributed by atoms with E-state index in [0.29, 0.717) is 19.4 Å². The van der Waals surface area contributed by atoms with E-state index < -0.39 is 15.5 Å². The molecule has 0 unspecified atom stereocenters. The van der Waals surface area contributed by atoms with E-state index in [9.17, 15) is 18.0 Å². The molecule has 1 amide bonds. The average molecular weight is 313 g/mol. The maximum Gasteiger partial charge on any atom is 0.248 e. The molecular formula is C13H19N3O4S. The fraction of sp³-hybridized carbons (Fsp3) is 0.538. The van der Waals surface area contributed by atoms with Crippen molar-refractivity contribution in [2.45, 2.75) is 24.7 Å². The lowest BCUT2D eigenvalue weighted by molar-refractivity contribution is -0.126. The zero-order valence-corrected chi connectivity index (χ0v) is 12.6. The lowest BCUT2D eigenvalue weighted by Gasteiger charge is -2.30. The van der Waals surface area contributed by atoms with Gasteiger partial charge in [-0.3, -0.25) is 9.59 Å². The Balaban J connectivity index is 2.10. The molecule has 8 heteroatoms. The average Bonchev–Trinajstić information content (AvgIpc) is 2.48. The van der Waals surface area contributed by atoms with Crippen molar-refractivity contribution in [1.29, 1.82) is 0 Å². The highest BCUT2D eigenvalue weighted by atomic mass is 32.2. The fourth-order valence-corrected chi connectivity index (χ4v) is 3.93. The van der Waals surface area contributed by atoms with Crippen LogP contribution >= 0.6 is 0 Å². The minimum Gasteiger partial charge on any atom is -0.366 e. The van der Waals surface area contributed by atoms with Gasteiger partial charge in [0.25, 0.3) is 0 Å². The summed E-state index contributed by atoms with van der Waals surface area (Å²) in [4.78, 5) is 25.8. The summed E-state index contributed by atoms with van der Waals surface area (Å²) in [6, 6.07) is 1.19. The van der Waals surface area contributed by atoms with E-state index in [-0.39, 0.29) is 29.8 Å². The van der Waals surface area contributed by atoms with Gasteiger partial charge in [-0.05, 0) is 19.8 Å². The van der Waals surface area contributed by atoms with E-state index in [1.807, 2.05) is 6.92 Å². The second-order valence-corrected chi connectivity index (χ2v) is 6.85. The summed E-state index contributed by atoms with van der Waals surface area (Å²) in [6.07, 6.45) is 3.53. The molecule has 1 fully saturated rings. The van der Waals surface area contributed by atoms with Gasteiger partial charge in [0, 0.05) is 44.0 Å². The number of H-pyrrole nitrogens is 1. The third-order valence-electron chi connectivity index (χ3n) is 3.58. The molecule has 0 atom stereocenters. The molecule has 2 rings (SSSR count). The van der Waals surface area contributed by atoms with Crippen LogP contribution in [0.2, 0.25) is 0 Å². The van der Waals surface area contributed by atoms with Crippen LogP contribution in [0, 0.1) is 5.92 Å². The Morgan fingerprint density at radius 2 is 2.10 bits per heavy atom. The molecule has 0 radical (unpaired) electrons. The van der Waals surface area contributed by atoms with E-state index in [2.05, 4.69) is 10.3 Å². The molecule has 7 nitrogen and oxygen atoms in total. The van der Waals surface area contributed by atoms with Gasteiger partial charge < -0.3 is 10.3 Å². The Hall–Kier alpha value is -1.67. The first-order chi connectivity index (χ1) is 9.96. The summed E-state index contributed by atoms with van der Waals surface area (Å²) in [7, 11) is -3.80. The molecule has 2 heterocycles. The molecule has 116 valence electrons. The number of piperidine rings is 1. The van der Waals surface area contributed by atoms with E-state index >= 15 is 0 Å². The summed E-state index contributed by atoms with van der Waals surface area (Å²) < 4.78 is 26.1. The number of carbonyl (C=O) groups excluding carboxylic acids is 1. The number of aromatic nitrogens is 1. The van der Waals surface area contributed by atoms with Crippen molar-refractivity contribution < 1.29 is 13.2 Å². The van der Waals surface area contributed by atoms with Crippen molar-refractivity contribution in [2.24, 2.45) is 5.92 Å². The van der Waals surface area contributed by atoms with Crippen LogP contribution in [0.15, 0.2) is 28.2 Å². The highest BCUT2D eigenvalue weighted by Gasteiger charge is 2.33. The number of hydrogen-bond acceptors (Lipinski definition) is 4. The number of nitrogens with one attached hydrogen (secondary N) is 2. The molecule has 0 aliphatic carbocycles. The number of nitrogens with zero attached hydrogens (tertiary/aromatic N) is 1. The monoisotopic (exact) mass is 313 g/mol. The minimum absolute atomic E-state index is 0.0351. The molecule has 0 saturated carbocycles. The first-order valence-electron chi connectivity index (χ1n) is 6.91. The lowest BCUT2D eigenvalue weighted by Crippen LogP contribution is -2.43. The first-order valence-corrected chi connectivity index (χ1v) is 8.35. The maximum atomic E-state index is 12.4. The van der Waals surface area contributed by atoms with Crippen molar-refractivity contribution in [3.8, 4) is 0 Å². The van der Waals surface area contributed by atoms with E-state index in [4.69, 9.17) is 0 Å². The normalized spacial score (nSPS) is 17.6. The van der Waals surface area contributed by atoms with Gasteiger partial charge in [-0.1, -0.05) is 0 Å². The van der Waals surface area contributed by atoms with Crippen molar-refractivity contribution in [3.05, 3.63) is 28.7 Å². The van der Waals surface area contributed by atoms with Crippen LogP contribution in [0.4, 0.5) is 0 Å².